The maximum Gasteiger partial charge on any atom is 0.419 e. The van der Waals surface area contributed by atoms with Gasteiger partial charge in [-0.25, -0.2) is 4.39 Å². The zero-order chi connectivity index (χ0) is 14.5. The van der Waals surface area contributed by atoms with Crippen LogP contribution in [-0.4, -0.2) is 18.1 Å². The summed E-state index contributed by atoms with van der Waals surface area (Å²) in [4.78, 5) is 11.8. The molecule has 2 rings (SSSR count). The Morgan fingerprint density at radius 2 is 2.00 bits per heavy atom. The van der Waals surface area contributed by atoms with Crippen LogP contribution in [0.1, 0.15) is 12.5 Å². The molecule has 0 unspecified atom stereocenters. The second kappa shape index (κ2) is 6.21. The molecular weight excluding hydrogens is 266 g/mol. The van der Waals surface area contributed by atoms with Crippen LogP contribution < -0.4 is 0 Å². The molecule has 0 amide bonds. The molecule has 104 valence electrons. The summed E-state index contributed by atoms with van der Waals surface area (Å²) in [5, 5.41) is -0.141. The van der Waals surface area contributed by atoms with Gasteiger partial charge in [-0.15, -0.1) is 0 Å². The third-order valence-electron chi connectivity index (χ3n) is 2.20. The van der Waals surface area contributed by atoms with Crippen LogP contribution in [0.25, 0.3) is 10.9 Å². The average molecular weight is 277 g/mol. The van der Waals surface area contributed by atoms with Gasteiger partial charge in [0.1, 0.15) is 11.4 Å². The summed E-state index contributed by atoms with van der Waals surface area (Å²) < 4.78 is 54.3. The molecule has 3 nitrogen and oxygen atoms in total. The quantitative estimate of drug-likeness (QED) is 0.674. The van der Waals surface area contributed by atoms with Crippen LogP contribution in [0.15, 0.2) is 24.4 Å². The molecule has 2 aromatic rings. The van der Waals surface area contributed by atoms with Crippen LogP contribution in [0, 0.1) is 5.82 Å². The largest absolute Gasteiger partial charge is 0.468 e. The van der Waals surface area contributed by atoms with Gasteiger partial charge < -0.3 is 9.72 Å². The molecule has 0 radical (unpaired) electrons. The second-order valence-electron chi connectivity index (χ2n) is 3.41. The van der Waals surface area contributed by atoms with E-state index < -0.39 is 17.6 Å². The Morgan fingerprint density at radius 1 is 1.32 bits per heavy atom. The fourth-order valence-corrected chi connectivity index (χ4v) is 1.46. The fraction of sp³-hybridized carbons (Fsp3) is 0.250. The maximum atomic E-state index is 13.0. The summed E-state index contributed by atoms with van der Waals surface area (Å²) >= 11 is 0. The number of benzene rings is 1. The zero-order valence-corrected chi connectivity index (χ0v) is 9.92. The van der Waals surface area contributed by atoms with Crippen molar-refractivity contribution in [2.45, 2.75) is 13.1 Å². The highest BCUT2D eigenvalue weighted by atomic mass is 19.4. The van der Waals surface area contributed by atoms with Gasteiger partial charge in [0, 0.05) is 17.1 Å². The predicted molar refractivity (Wildman–Crippen MR) is 60.9 cm³/mol. The maximum absolute atomic E-state index is 13.0. The Morgan fingerprint density at radius 3 is 2.47 bits per heavy atom. The second-order valence-corrected chi connectivity index (χ2v) is 3.41. The van der Waals surface area contributed by atoms with Gasteiger partial charge in [-0.3, -0.25) is 4.79 Å². The van der Waals surface area contributed by atoms with Crippen molar-refractivity contribution in [3.05, 3.63) is 35.8 Å². The summed E-state index contributed by atoms with van der Waals surface area (Å²) in [5.41, 5.74) is -0.935. The van der Waals surface area contributed by atoms with E-state index in [4.69, 9.17) is 0 Å². The Kier molecular flexibility index (Phi) is 4.91. The number of hydrogen-bond acceptors (Lipinski definition) is 2. The minimum atomic E-state index is -4.66. The number of halogens is 4. The molecule has 19 heavy (non-hydrogen) atoms. The van der Waals surface area contributed by atoms with Gasteiger partial charge in [-0.05, 0) is 25.1 Å². The number of alkyl halides is 3. The van der Waals surface area contributed by atoms with Crippen LogP contribution >= 0.6 is 0 Å². The van der Waals surface area contributed by atoms with Crippen molar-refractivity contribution < 1.29 is 27.1 Å². The van der Waals surface area contributed by atoms with Crippen molar-refractivity contribution in [3.63, 3.8) is 0 Å². The van der Waals surface area contributed by atoms with Gasteiger partial charge in [0.25, 0.3) is 6.47 Å². The first-order chi connectivity index (χ1) is 8.91. The van der Waals surface area contributed by atoms with Crippen molar-refractivity contribution in [2.24, 2.45) is 0 Å². The van der Waals surface area contributed by atoms with Gasteiger partial charge in [0.05, 0.1) is 6.61 Å². The first-order valence-corrected chi connectivity index (χ1v) is 5.29. The standard InChI is InChI=1S/C9H5F4N.C3H6O2/c10-6-1-2-7-5(3-4-14-7)8(6)9(11,12)13;1-2-5-3-4/h1-4,14H;3H,2H2,1H3. The summed E-state index contributed by atoms with van der Waals surface area (Å²) in [6.07, 6.45) is -3.31. The molecule has 0 saturated carbocycles. The molecule has 1 heterocycles. The zero-order valence-electron chi connectivity index (χ0n) is 9.92. The highest BCUT2D eigenvalue weighted by Gasteiger charge is 2.36. The number of ether oxygens (including phenoxy) is 1. The summed E-state index contributed by atoms with van der Waals surface area (Å²) in [6, 6.07) is 3.29. The number of carbonyl (C=O) groups excluding carboxylic acids is 1. The molecule has 0 aliphatic carbocycles. The van der Waals surface area contributed by atoms with Crippen molar-refractivity contribution >= 4 is 17.4 Å². The number of aromatic amines is 1. The van der Waals surface area contributed by atoms with E-state index in [0.717, 1.165) is 6.07 Å². The van der Waals surface area contributed by atoms with Gasteiger partial charge >= 0.3 is 6.18 Å². The van der Waals surface area contributed by atoms with Gasteiger partial charge in [0.15, 0.2) is 0 Å². The number of aromatic nitrogens is 1. The molecule has 0 aliphatic rings. The number of carbonyl (C=O) groups is 1. The van der Waals surface area contributed by atoms with Gasteiger partial charge in [0.2, 0.25) is 0 Å². The van der Waals surface area contributed by atoms with Crippen LogP contribution in [0.5, 0.6) is 0 Å². The molecule has 0 bridgehead atoms. The average Bonchev–Trinajstić information content (AvgIpc) is 2.76. The molecule has 0 spiro atoms. The molecule has 1 aromatic carbocycles. The number of fused-ring (bicyclic) bond motifs is 1. The molecule has 0 fully saturated rings. The van der Waals surface area contributed by atoms with Crippen LogP contribution in [-0.2, 0) is 15.7 Å². The first kappa shape index (κ1) is 15.0. The van der Waals surface area contributed by atoms with E-state index in [0.29, 0.717) is 13.1 Å². The lowest BCUT2D eigenvalue weighted by atomic mass is 10.1. The van der Waals surface area contributed by atoms with Crippen LogP contribution in [0.3, 0.4) is 0 Å². The molecule has 0 aliphatic heterocycles. The lowest BCUT2D eigenvalue weighted by Crippen LogP contribution is -2.08. The molecular formula is C12H11F4NO2. The smallest absolute Gasteiger partial charge is 0.419 e. The minimum absolute atomic E-state index is 0.141. The molecule has 0 atom stereocenters. The lowest BCUT2D eigenvalue weighted by molar-refractivity contribution is -0.138. The van der Waals surface area contributed by atoms with Crippen LogP contribution in [0.4, 0.5) is 17.6 Å². The van der Waals surface area contributed by atoms with E-state index in [9.17, 15) is 22.4 Å². The third-order valence-corrected chi connectivity index (χ3v) is 2.20. The van der Waals surface area contributed by atoms with E-state index in [1.807, 2.05) is 0 Å². The van der Waals surface area contributed by atoms with Crippen molar-refractivity contribution in [2.75, 3.05) is 6.61 Å². The Balaban J connectivity index is 0.000000312. The fourth-order valence-electron chi connectivity index (χ4n) is 1.46. The molecule has 0 saturated heterocycles. The van der Waals surface area contributed by atoms with E-state index in [1.165, 1.54) is 18.3 Å². The first-order valence-electron chi connectivity index (χ1n) is 5.29. The normalized spacial score (nSPS) is 10.8. The lowest BCUT2D eigenvalue weighted by Gasteiger charge is -2.08. The highest BCUT2D eigenvalue weighted by molar-refractivity contribution is 5.83. The number of rotatable bonds is 2. The van der Waals surface area contributed by atoms with Crippen molar-refractivity contribution in [1.82, 2.24) is 4.98 Å². The topological polar surface area (TPSA) is 42.1 Å². The number of hydrogen-bond donors (Lipinski definition) is 1. The Bertz CT molecular complexity index is 548. The molecule has 1 aromatic heterocycles. The molecule has 1 N–H and O–H groups in total. The van der Waals surface area contributed by atoms with E-state index >= 15 is 0 Å². The minimum Gasteiger partial charge on any atom is -0.468 e. The molecule has 7 heteroatoms. The predicted octanol–water partition coefficient (Wildman–Crippen LogP) is 3.51. The Hall–Kier alpha value is -2.05. The summed E-state index contributed by atoms with van der Waals surface area (Å²) in [7, 11) is 0. The van der Waals surface area contributed by atoms with E-state index in [1.54, 1.807) is 6.92 Å². The van der Waals surface area contributed by atoms with Gasteiger partial charge in [-0.1, -0.05) is 0 Å². The number of nitrogens with one attached hydrogen (secondary N) is 1. The van der Waals surface area contributed by atoms with Gasteiger partial charge in [-0.2, -0.15) is 13.2 Å². The highest BCUT2D eigenvalue weighted by Crippen LogP contribution is 2.36. The summed E-state index contributed by atoms with van der Waals surface area (Å²) in [6.45, 7) is 2.66. The van der Waals surface area contributed by atoms with Crippen LogP contribution in [0.2, 0.25) is 0 Å². The summed E-state index contributed by atoms with van der Waals surface area (Å²) in [5.74, 6) is -1.25. The monoisotopic (exact) mass is 277 g/mol. The number of H-pyrrole nitrogens is 1. The van der Waals surface area contributed by atoms with E-state index in [2.05, 4.69) is 9.72 Å². The third kappa shape index (κ3) is 3.70. The van der Waals surface area contributed by atoms with Crippen molar-refractivity contribution in [1.29, 1.82) is 0 Å². The SMILES string of the molecule is CCOC=O.Fc1ccc2[nH]ccc2c1C(F)(F)F. The Labute approximate surface area is 106 Å². The van der Waals surface area contributed by atoms with Crippen molar-refractivity contribution in [3.8, 4) is 0 Å². The van der Waals surface area contributed by atoms with E-state index in [-0.39, 0.29) is 10.9 Å².